The standard InChI is InChI=1S/C15H27N3O/c1-13(2)8-17-10-15(12-19-4)18(3)11-14-6-5-7-16-9-14/h5-7,9,13,15,17H,8,10-12H2,1-4H3. The van der Waals surface area contributed by atoms with E-state index in [1.165, 1.54) is 5.56 Å². The predicted octanol–water partition coefficient (Wildman–Crippen LogP) is 1.77. The first-order chi connectivity index (χ1) is 9.13. The van der Waals surface area contributed by atoms with Gasteiger partial charge in [0.1, 0.15) is 0 Å². The zero-order valence-corrected chi connectivity index (χ0v) is 12.6. The van der Waals surface area contributed by atoms with Crippen molar-refractivity contribution in [2.75, 3.05) is 33.9 Å². The lowest BCUT2D eigenvalue weighted by atomic mass is 10.2. The van der Waals surface area contributed by atoms with Crippen molar-refractivity contribution in [1.29, 1.82) is 0 Å². The highest BCUT2D eigenvalue weighted by molar-refractivity contribution is 5.08. The van der Waals surface area contributed by atoms with E-state index >= 15 is 0 Å². The zero-order valence-electron chi connectivity index (χ0n) is 12.6. The molecule has 0 radical (unpaired) electrons. The van der Waals surface area contributed by atoms with Crippen LogP contribution in [-0.2, 0) is 11.3 Å². The van der Waals surface area contributed by atoms with Crippen molar-refractivity contribution in [3.05, 3.63) is 30.1 Å². The van der Waals surface area contributed by atoms with E-state index in [1.807, 2.05) is 12.3 Å². The average Bonchev–Trinajstić information content (AvgIpc) is 2.38. The predicted molar refractivity (Wildman–Crippen MR) is 79.1 cm³/mol. The number of pyridine rings is 1. The van der Waals surface area contributed by atoms with Crippen molar-refractivity contribution < 1.29 is 4.74 Å². The molecule has 0 amide bonds. The fourth-order valence-electron chi connectivity index (χ4n) is 1.98. The van der Waals surface area contributed by atoms with Gasteiger partial charge in [0, 0.05) is 38.6 Å². The summed E-state index contributed by atoms with van der Waals surface area (Å²) < 4.78 is 5.32. The number of ether oxygens (including phenoxy) is 1. The Morgan fingerprint density at radius 3 is 2.74 bits per heavy atom. The summed E-state index contributed by atoms with van der Waals surface area (Å²) in [5, 5.41) is 3.50. The van der Waals surface area contributed by atoms with Crippen LogP contribution in [0.25, 0.3) is 0 Å². The smallest absolute Gasteiger partial charge is 0.0630 e. The van der Waals surface area contributed by atoms with Crippen LogP contribution in [0.1, 0.15) is 19.4 Å². The van der Waals surface area contributed by atoms with Crippen molar-refractivity contribution in [3.63, 3.8) is 0 Å². The number of likely N-dealkylation sites (N-methyl/N-ethyl adjacent to an activating group) is 1. The molecule has 1 unspecified atom stereocenters. The van der Waals surface area contributed by atoms with Gasteiger partial charge in [-0.3, -0.25) is 9.88 Å². The Morgan fingerprint density at radius 2 is 2.16 bits per heavy atom. The van der Waals surface area contributed by atoms with Crippen LogP contribution >= 0.6 is 0 Å². The maximum atomic E-state index is 5.32. The summed E-state index contributed by atoms with van der Waals surface area (Å²) in [4.78, 5) is 6.47. The maximum Gasteiger partial charge on any atom is 0.0630 e. The minimum absolute atomic E-state index is 0.379. The number of methoxy groups -OCH3 is 1. The second-order valence-corrected chi connectivity index (χ2v) is 5.44. The summed E-state index contributed by atoms with van der Waals surface area (Å²) in [7, 11) is 3.89. The first-order valence-corrected chi connectivity index (χ1v) is 6.92. The fourth-order valence-corrected chi connectivity index (χ4v) is 1.98. The molecule has 0 fully saturated rings. The molecule has 4 heteroatoms. The molecule has 0 bridgehead atoms. The first-order valence-electron chi connectivity index (χ1n) is 6.92. The normalized spacial score (nSPS) is 13.2. The van der Waals surface area contributed by atoms with Gasteiger partial charge in [0.15, 0.2) is 0 Å². The van der Waals surface area contributed by atoms with Crippen LogP contribution < -0.4 is 5.32 Å². The molecule has 4 nitrogen and oxygen atoms in total. The van der Waals surface area contributed by atoms with E-state index in [4.69, 9.17) is 4.74 Å². The number of hydrogen-bond acceptors (Lipinski definition) is 4. The van der Waals surface area contributed by atoms with Gasteiger partial charge in [0.05, 0.1) is 6.61 Å². The fraction of sp³-hybridized carbons (Fsp3) is 0.667. The molecule has 108 valence electrons. The topological polar surface area (TPSA) is 37.4 Å². The van der Waals surface area contributed by atoms with Crippen molar-refractivity contribution in [2.24, 2.45) is 5.92 Å². The van der Waals surface area contributed by atoms with Gasteiger partial charge >= 0.3 is 0 Å². The van der Waals surface area contributed by atoms with Gasteiger partial charge in [-0.2, -0.15) is 0 Å². The van der Waals surface area contributed by atoms with E-state index in [1.54, 1.807) is 13.3 Å². The highest BCUT2D eigenvalue weighted by Crippen LogP contribution is 2.05. The summed E-state index contributed by atoms with van der Waals surface area (Å²) in [6.45, 7) is 8.06. The molecule has 0 saturated carbocycles. The van der Waals surface area contributed by atoms with Gasteiger partial charge in [-0.05, 0) is 31.1 Å². The quantitative estimate of drug-likeness (QED) is 0.738. The Bertz CT molecular complexity index is 329. The molecule has 1 rings (SSSR count). The Balaban J connectivity index is 2.45. The first kappa shape index (κ1) is 16.1. The van der Waals surface area contributed by atoms with Crippen molar-refractivity contribution in [2.45, 2.75) is 26.4 Å². The van der Waals surface area contributed by atoms with Crippen LogP contribution in [0.3, 0.4) is 0 Å². The van der Waals surface area contributed by atoms with Gasteiger partial charge in [-0.15, -0.1) is 0 Å². The third-order valence-electron chi connectivity index (χ3n) is 3.07. The highest BCUT2D eigenvalue weighted by atomic mass is 16.5. The summed E-state index contributed by atoms with van der Waals surface area (Å²) in [6, 6.07) is 4.46. The summed E-state index contributed by atoms with van der Waals surface area (Å²) in [6.07, 6.45) is 3.72. The monoisotopic (exact) mass is 265 g/mol. The summed E-state index contributed by atoms with van der Waals surface area (Å²) in [5.41, 5.74) is 1.23. The van der Waals surface area contributed by atoms with Gasteiger partial charge in [0.25, 0.3) is 0 Å². The average molecular weight is 265 g/mol. The number of hydrogen-bond donors (Lipinski definition) is 1. The maximum absolute atomic E-state index is 5.32. The molecule has 19 heavy (non-hydrogen) atoms. The SMILES string of the molecule is COCC(CNCC(C)C)N(C)Cc1cccnc1. The van der Waals surface area contributed by atoms with Crippen LogP contribution in [0, 0.1) is 5.92 Å². The minimum atomic E-state index is 0.379. The Labute approximate surface area is 117 Å². The summed E-state index contributed by atoms with van der Waals surface area (Å²) >= 11 is 0. The lowest BCUT2D eigenvalue weighted by Gasteiger charge is -2.28. The molecule has 1 aromatic rings. The van der Waals surface area contributed by atoms with E-state index in [9.17, 15) is 0 Å². The number of nitrogens with one attached hydrogen (secondary N) is 1. The van der Waals surface area contributed by atoms with Gasteiger partial charge in [-0.1, -0.05) is 19.9 Å². The molecule has 0 aliphatic carbocycles. The van der Waals surface area contributed by atoms with Gasteiger partial charge in [-0.25, -0.2) is 0 Å². The van der Waals surface area contributed by atoms with Crippen LogP contribution in [0.15, 0.2) is 24.5 Å². The highest BCUT2D eigenvalue weighted by Gasteiger charge is 2.14. The Morgan fingerprint density at radius 1 is 1.37 bits per heavy atom. The lowest BCUT2D eigenvalue weighted by Crippen LogP contribution is -2.43. The molecular formula is C15H27N3O. The molecule has 0 aliphatic heterocycles. The minimum Gasteiger partial charge on any atom is -0.383 e. The van der Waals surface area contributed by atoms with Crippen molar-refractivity contribution in [3.8, 4) is 0 Å². The third kappa shape index (κ3) is 6.66. The van der Waals surface area contributed by atoms with Crippen LogP contribution in [-0.4, -0.2) is 49.8 Å². The Kier molecular flexibility index (Phi) is 7.63. The molecule has 1 atom stereocenters. The van der Waals surface area contributed by atoms with Crippen LogP contribution in [0.5, 0.6) is 0 Å². The molecule has 0 saturated heterocycles. The summed E-state index contributed by atoms with van der Waals surface area (Å²) in [5.74, 6) is 0.673. The van der Waals surface area contributed by atoms with Crippen LogP contribution in [0.2, 0.25) is 0 Å². The van der Waals surface area contributed by atoms with E-state index in [2.05, 4.69) is 42.2 Å². The Hall–Kier alpha value is -0.970. The van der Waals surface area contributed by atoms with E-state index in [-0.39, 0.29) is 0 Å². The van der Waals surface area contributed by atoms with E-state index < -0.39 is 0 Å². The zero-order chi connectivity index (χ0) is 14.1. The van der Waals surface area contributed by atoms with E-state index in [0.29, 0.717) is 12.0 Å². The van der Waals surface area contributed by atoms with Crippen molar-refractivity contribution >= 4 is 0 Å². The number of aromatic nitrogens is 1. The van der Waals surface area contributed by atoms with Gasteiger partial charge < -0.3 is 10.1 Å². The molecule has 1 aromatic heterocycles. The molecule has 1 N–H and O–H groups in total. The molecule has 0 aliphatic rings. The second-order valence-electron chi connectivity index (χ2n) is 5.44. The van der Waals surface area contributed by atoms with Crippen LogP contribution in [0.4, 0.5) is 0 Å². The van der Waals surface area contributed by atoms with E-state index in [0.717, 1.165) is 26.2 Å². The molecule has 0 aromatic carbocycles. The molecular weight excluding hydrogens is 238 g/mol. The van der Waals surface area contributed by atoms with Crippen molar-refractivity contribution in [1.82, 2.24) is 15.2 Å². The third-order valence-corrected chi connectivity index (χ3v) is 3.07. The second kappa shape index (κ2) is 9.02. The largest absolute Gasteiger partial charge is 0.383 e. The lowest BCUT2D eigenvalue weighted by molar-refractivity contribution is 0.101. The molecule has 0 spiro atoms. The number of nitrogens with zero attached hydrogens (tertiary/aromatic N) is 2. The number of rotatable bonds is 9. The molecule has 1 heterocycles. The van der Waals surface area contributed by atoms with Gasteiger partial charge in [0.2, 0.25) is 0 Å².